The molecule has 6 heteroatoms. The number of hydrogen-bond donors (Lipinski definition) is 1. The number of rotatable bonds is 5. The zero-order valence-corrected chi connectivity index (χ0v) is 12.5. The molecule has 0 aliphatic carbocycles. The van der Waals surface area contributed by atoms with Crippen LogP contribution in [0.1, 0.15) is 12.5 Å². The average molecular weight is 268 g/mol. The Hall–Kier alpha value is -1.16. The molecule has 0 spiro atoms. The highest BCUT2D eigenvalue weighted by molar-refractivity contribution is 7.56. The summed E-state index contributed by atoms with van der Waals surface area (Å²) < 4.78 is 15.9. The zero-order valence-electron chi connectivity index (χ0n) is 11.6. The molecule has 1 aromatic rings. The van der Waals surface area contributed by atoms with Gasteiger partial charge in [0.25, 0.3) is 0 Å². The largest absolute Gasteiger partial charge is 0.322 e. The molecule has 0 aliphatic rings. The van der Waals surface area contributed by atoms with Crippen molar-refractivity contribution >= 4 is 13.3 Å². The van der Waals surface area contributed by atoms with E-state index >= 15 is 0 Å². The molecule has 0 amide bonds. The van der Waals surface area contributed by atoms with Crippen molar-refractivity contribution in [3.63, 3.8) is 0 Å². The van der Waals surface area contributed by atoms with E-state index in [1.807, 2.05) is 37.3 Å². The summed E-state index contributed by atoms with van der Waals surface area (Å²) in [6, 6.07) is 9.79. The molecule has 0 radical (unpaired) electrons. The standard InChI is InChI=1S/C12H21N4OP/c1-11(12-9-7-6-8-10-12)13-14-18(17,15(2)3)16(4)5/h6-10H,1-5H3,(H,14,17)/b13-11+. The molecule has 0 aliphatic heterocycles. The lowest BCUT2D eigenvalue weighted by atomic mass is 10.1. The van der Waals surface area contributed by atoms with Gasteiger partial charge in [-0.05, 0) is 40.7 Å². The van der Waals surface area contributed by atoms with E-state index in [4.69, 9.17) is 0 Å². The molecule has 1 N–H and O–H groups in total. The zero-order chi connectivity index (χ0) is 13.8. The predicted molar refractivity (Wildman–Crippen MR) is 76.8 cm³/mol. The van der Waals surface area contributed by atoms with Crippen LogP contribution in [0.15, 0.2) is 35.4 Å². The fourth-order valence-corrected chi connectivity index (χ4v) is 2.77. The van der Waals surface area contributed by atoms with Gasteiger partial charge in [-0.15, -0.1) is 0 Å². The number of nitrogens with zero attached hydrogens (tertiary/aromatic N) is 3. The first-order chi connectivity index (χ1) is 8.38. The van der Waals surface area contributed by atoms with E-state index < -0.39 is 7.59 Å². The van der Waals surface area contributed by atoms with Crippen LogP contribution in [-0.4, -0.2) is 43.2 Å². The van der Waals surface area contributed by atoms with Crippen molar-refractivity contribution in [2.24, 2.45) is 5.10 Å². The number of hydrogen-bond acceptors (Lipinski definition) is 2. The summed E-state index contributed by atoms with van der Waals surface area (Å²) in [7, 11) is 4.25. The van der Waals surface area contributed by atoms with E-state index in [0.717, 1.165) is 11.3 Å². The van der Waals surface area contributed by atoms with Crippen LogP contribution < -0.4 is 5.20 Å². The summed E-state index contributed by atoms with van der Waals surface area (Å²) in [5, 5.41) is 7.02. The van der Waals surface area contributed by atoms with Gasteiger partial charge in [-0.25, -0.2) is 14.5 Å². The smallest absolute Gasteiger partial charge is 0.262 e. The van der Waals surface area contributed by atoms with Gasteiger partial charge in [0.15, 0.2) is 0 Å². The lowest BCUT2D eigenvalue weighted by Gasteiger charge is -2.29. The minimum absolute atomic E-state index is 0.805. The van der Waals surface area contributed by atoms with Crippen LogP contribution in [0.5, 0.6) is 0 Å². The molecule has 0 unspecified atom stereocenters. The molecule has 0 saturated heterocycles. The molecule has 0 saturated carbocycles. The number of benzene rings is 1. The molecule has 0 fully saturated rings. The minimum Gasteiger partial charge on any atom is -0.262 e. The Balaban J connectivity index is 2.89. The summed E-state index contributed by atoms with van der Waals surface area (Å²) in [6.07, 6.45) is 0. The highest BCUT2D eigenvalue weighted by Crippen LogP contribution is 2.44. The summed E-state index contributed by atoms with van der Waals surface area (Å²) in [5.41, 5.74) is 1.81. The molecular formula is C12H21N4OP. The highest BCUT2D eigenvalue weighted by Gasteiger charge is 2.27. The Kier molecular flexibility index (Phi) is 5.08. The molecule has 1 rings (SSSR count). The Morgan fingerprint density at radius 3 is 2.06 bits per heavy atom. The Morgan fingerprint density at radius 2 is 1.61 bits per heavy atom. The monoisotopic (exact) mass is 268 g/mol. The molecule has 100 valence electrons. The normalized spacial score (nSPS) is 13.2. The first-order valence-electron chi connectivity index (χ1n) is 5.70. The summed E-state index contributed by atoms with van der Waals surface area (Å²) in [6.45, 7) is 1.89. The van der Waals surface area contributed by atoms with Gasteiger partial charge >= 0.3 is 7.59 Å². The Labute approximate surface area is 109 Å². The van der Waals surface area contributed by atoms with Gasteiger partial charge in [0, 0.05) is 0 Å². The molecular weight excluding hydrogens is 247 g/mol. The quantitative estimate of drug-likeness (QED) is 0.505. The van der Waals surface area contributed by atoms with Crippen molar-refractivity contribution in [3.8, 4) is 0 Å². The van der Waals surface area contributed by atoms with E-state index in [1.54, 1.807) is 37.5 Å². The van der Waals surface area contributed by atoms with Crippen molar-refractivity contribution in [2.75, 3.05) is 28.2 Å². The van der Waals surface area contributed by atoms with Gasteiger partial charge in [0.05, 0.1) is 5.71 Å². The predicted octanol–water partition coefficient (Wildman–Crippen LogP) is 2.23. The van der Waals surface area contributed by atoms with Crippen LogP contribution in [0.4, 0.5) is 0 Å². The summed E-state index contributed by atoms with van der Waals surface area (Å²) in [4.78, 5) is 0. The van der Waals surface area contributed by atoms with Gasteiger partial charge in [-0.2, -0.15) is 5.10 Å². The fourth-order valence-electron chi connectivity index (χ4n) is 1.42. The minimum atomic E-state index is -2.81. The summed E-state index contributed by atoms with van der Waals surface area (Å²) in [5.74, 6) is 0. The van der Waals surface area contributed by atoms with Crippen LogP contribution >= 0.6 is 7.59 Å². The van der Waals surface area contributed by atoms with E-state index in [1.165, 1.54) is 0 Å². The third-order valence-corrected chi connectivity index (χ3v) is 5.15. The van der Waals surface area contributed by atoms with Gasteiger partial charge in [0.1, 0.15) is 0 Å². The van der Waals surface area contributed by atoms with Gasteiger partial charge in [-0.1, -0.05) is 30.3 Å². The van der Waals surface area contributed by atoms with Crippen molar-refractivity contribution in [1.29, 1.82) is 0 Å². The van der Waals surface area contributed by atoms with Crippen LogP contribution in [0.2, 0.25) is 0 Å². The Bertz CT molecular complexity index is 444. The van der Waals surface area contributed by atoms with Crippen molar-refractivity contribution in [2.45, 2.75) is 6.92 Å². The number of nitrogens with one attached hydrogen (secondary N) is 1. The van der Waals surface area contributed by atoms with Crippen molar-refractivity contribution < 1.29 is 4.57 Å². The molecule has 1 aromatic carbocycles. The second-order valence-corrected chi connectivity index (χ2v) is 7.29. The van der Waals surface area contributed by atoms with E-state index in [-0.39, 0.29) is 0 Å². The first kappa shape index (κ1) is 14.9. The maximum absolute atomic E-state index is 12.6. The van der Waals surface area contributed by atoms with Crippen molar-refractivity contribution in [3.05, 3.63) is 35.9 Å². The third kappa shape index (κ3) is 3.42. The van der Waals surface area contributed by atoms with E-state index in [2.05, 4.69) is 10.3 Å². The molecule has 0 aromatic heterocycles. The van der Waals surface area contributed by atoms with Gasteiger partial charge < -0.3 is 0 Å². The fraction of sp³-hybridized carbons (Fsp3) is 0.417. The van der Waals surface area contributed by atoms with Crippen LogP contribution in [0, 0.1) is 0 Å². The highest BCUT2D eigenvalue weighted by atomic mass is 31.2. The van der Waals surface area contributed by atoms with E-state index in [0.29, 0.717) is 0 Å². The first-order valence-corrected chi connectivity index (χ1v) is 7.32. The van der Waals surface area contributed by atoms with Crippen LogP contribution in [0.25, 0.3) is 0 Å². The summed E-state index contributed by atoms with van der Waals surface area (Å²) >= 11 is 0. The Morgan fingerprint density at radius 1 is 1.11 bits per heavy atom. The van der Waals surface area contributed by atoms with Crippen molar-refractivity contribution in [1.82, 2.24) is 14.5 Å². The molecule has 5 nitrogen and oxygen atoms in total. The lowest BCUT2D eigenvalue weighted by molar-refractivity contribution is 0.434. The molecule has 0 atom stereocenters. The second kappa shape index (κ2) is 6.14. The van der Waals surface area contributed by atoms with Crippen LogP contribution in [0.3, 0.4) is 0 Å². The van der Waals surface area contributed by atoms with Gasteiger partial charge in [-0.3, -0.25) is 4.57 Å². The van der Waals surface area contributed by atoms with Gasteiger partial charge in [0.2, 0.25) is 0 Å². The lowest BCUT2D eigenvalue weighted by Crippen LogP contribution is -2.29. The molecule has 18 heavy (non-hydrogen) atoms. The average Bonchev–Trinajstić information content (AvgIpc) is 2.36. The molecule has 0 heterocycles. The second-order valence-electron chi connectivity index (χ2n) is 4.40. The SMILES string of the molecule is C/C(=N\NP(=O)(N(C)C)N(C)C)c1ccccc1. The maximum Gasteiger partial charge on any atom is 0.322 e. The van der Waals surface area contributed by atoms with E-state index in [9.17, 15) is 4.57 Å². The topological polar surface area (TPSA) is 47.9 Å². The third-order valence-electron chi connectivity index (χ3n) is 2.62. The van der Waals surface area contributed by atoms with Crippen LogP contribution in [-0.2, 0) is 4.57 Å². The number of hydrazone groups is 1. The maximum atomic E-state index is 12.6. The molecule has 0 bridgehead atoms.